The molecule has 0 atom stereocenters. The highest BCUT2D eigenvalue weighted by atomic mass is 16.5. The fraction of sp³-hybridized carbons (Fsp3) is 0.577. The minimum Gasteiger partial charge on any atom is -0.493 e. The van der Waals surface area contributed by atoms with Crippen LogP contribution in [0.3, 0.4) is 0 Å². The number of hydrogen-bond donors (Lipinski definition) is 0. The van der Waals surface area contributed by atoms with E-state index < -0.39 is 0 Å². The maximum Gasteiger partial charge on any atom is 0.121 e. The van der Waals surface area contributed by atoms with Gasteiger partial charge in [0.25, 0.3) is 0 Å². The Morgan fingerprint density at radius 3 is 2.38 bits per heavy atom. The number of benzene rings is 1. The number of pyridine rings is 1. The lowest BCUT2D eigenvalue weighted by atomic mass is 9.89. The van der Waals surface area contributed by atoms with Crippen LogP contribution in [0.15, 0.2) is 30.5 Å². The van der Waals surface area contributed by atoms with E-state index >= 15 is 0 Å². The Morgan fingerprint density at radius 2 is 1.62 bits per heavy atom. The van der Waals surface area contributed by atoms with Gasteiger partial charge in [-0.15, -0.1) is 0 Å². The van der Waals surface area contributed by atoms with Gasteiger partial charge in [0.05, 0.1) is 23.3 Å². The molecule has 3 nitrogen and oxygen atoms in total. The Balaban J connectivity index is 1.49. The third-order valence-electron chi connectivity index (χ3n) is 7.30. The molecule has 5 rings (SSSR count). The molecule has 0 radical (unpaired) electrons. The van der Waals surface area contributed by atoms with Crippen molar-refractivity contribution in [1.29, 1.82) is 0 Å². The van der Waals surface area contributed by atoms with Gasteiger partial charge in [0.15, 0.2) is 0 Å². The van der Waals surface area contributed by atoms with Crippen LogP contribution in [0.25, 0.3) is 21.8 Å². The fourth-order valence-electron chi connectivity index (χ4n) is 5.67. The van der Waals surface area contributed by atoms with Gasteiger partial charge in [0, 0.05) is 29.6 Å². The summed E-state index contributed by atoms with van der Waals surface area (Å²) >= 11 is 0. The van der Waals surface area contributed by atoms with Crippen molar-refractivity contribution in [3.8, 4) is 5.75 Å². The van der Waals surface area contributed by atoms with E-state index in [1.54, 1.807) is 0 Å². The predicted octanol–water partition coefficient (Wildman–Crippen LogP) is 7.04. The van der Waals surface area contributed by atoms with Gasteiger partial charge in [0.1, 0.15) is 5.75 Å². The highest BCUT2D eigenvalue weighted by molar-refractivity contribution is 6.09. The second kappa shape index (κ2) is 8.38. The van der Waals surface area contributed by atoms with Crippen LogP contribution in [0, 0.1) is 18.8 Å². The molecule has 3 heteroatoms. The normalized spacial score (nSPS) is 19.2. The second-order valence-corrected chi connectivity index (χ2v) is 9.40. The zero-order valence-electron chi connectivity index (χ0n) is 17.8. The smallest absolute Gasteiger partial charge is 0.121 e. The quantitative estimate of drug-likeness (QED) is 0.467. The van der Waals surface area contributed by atoms with Gasteiger partial charge in [-0.1, -0.05) is 38.5 Å². The Morgan fingerprint density at radius 1 is 0.897 bits per heavy atom. The van der Waals surface area contributed by atoms with Gasteiger partial charge in [-0.2, -0.15) is 0 Å². The molecule has 2 aliphatic carbocycles. The van der Waals surface area contributed by atoms with Gasteiger partial charge in [-0.25, -0.2) is 0 Å². The molecule has 0 aliphatic heterocycles. The lowest BCUT2D eigenvalue weighted by Crippen LogP contribution is -2.15. The van der Waals surface area contributed by atoms with Gasteiger partial charge in [0.2, 0.25) is 0 Å². The number of ether oxygens (including phenoxy) is 1. The lowest BCUT2D eigenvalue weighted by Gasteiger charge is -2.23. The molecule has 154 valence electrons. The monoisotopic (exact) mass is 390 g/mol. The standard InChI is InChI=1S/C26H34N2O/c1-19-26-24(14-15-27-19)23-13-12-22(29-18-21-10-6-3-7-11-21)16-25(23)28(26)17-20-8-4-2-5-9-20/h12-16,20-21H,2-11,17-18H2,1H3. The average Bonchev–Trinajstić information content (AvgIpc) is 3.08. The zero-order valence-corrected chi connectivity index (χ0v) is 17.8. The van der Waals surface area contributed by atoms with Gasteiger partial charge in [-0.05, 0) is 62.6 Å². The third-order valence-corrected chi connectivity index (χ3v) is 7.30. The largest absolute Gasteiger partial charge is 0.493 e. The van der Waals surface area contributed by atoms with Crippen molar-refractivity contribution in [3.05, 3.63) is 36.2 Å². The molecule has 2 fully saturated rings. The van der Waals surface area contributed by atoms with Crippen LogP contribution in [-0.2, 0) is 6.54 Å². The Bertz CT molecular complexity index is 977. The van der Waals surface area contributed by atoms with E-state index in [0.717, 1.165) is 36.4 Å². The summed E-state index contributed by atoms with van der Waals surface area (Å²) in [6.45, 7) is 4.13. The summed E-state index contributed by atoms with van der Waals surface area (Å²) in [7, 11) is 0. The summed E-state index contributed by atoms with van der Waals surface area (Å²) in [5.74, 6) is 2.55. The van der Waals surface area contributed by atoms with Gasteiger partial charge < -0.3 is 9.30 Å². The van der Waals surface area contributed by atoms with Crippen molar-refractivity contribution in [2.24, 2.45) is 11.8 Å². The van der Waals surface area contributed by atoms with E-state index in [0.29, 0.717) is 0 Å². The number of aromatic nitrogens is 2. The van der Waals surface area contributed by atoms with Crippen LogP contribution in [0.5, 0.6) is 5.75 Å². The molecule has 0 unspecified atom stereocenters. The molecular formula is C26H34N2O. The average molecular weight is 391 g/mol. The molecule has 2 aromatic heterocycles. The van der Waals surface area contributed by atoms with Crippen molar-refractivity contribution < 1.29 is 4.74 Å². The number of nitrogens with zero attached hydrogens (tertiary/aromatic N) is 2. The first-order valence-corrected chi connectivity index (χ1v) is 11.8. The number of fused-ring (bicyclic) bond motifs is 3. The molecule has 0 amide bonds. The van der Waals surface area contributed by atoms with Crippen molar-refractivity contribution in [1.82, 2.24) is 9.55 Å². The number of rotatable bonds is 5. The Hall–Kier alpha value is -2.03. The summed E-state index contributed by atoms with van der Waals surface area (Å²) in [5.41, 5.74) is 3.78. The Kier molecular flexibility index (Phi) is 5.48. The van der Waals surface area contributed by atoms with Gasteiger partial charge in [-0.3, -0.25) is 4.98 Å². The summed E-state index contributed by atoms with van der Waals surface area (Å²) < 4.78 is 8.85. The molecule has 1 aromatic carbocycles. The topological polar surface area (TPSA) is 27.1 Å². The lowest BCUT2D eigenvalue weighted by molar-refractivity contribution is 0.209. The fourth-order valence-corrected chi connectivity index (χ4v) is 5.67. The van der Waals surface area contributed by atoms with E-state index in [-0.39, 0.29) is 0 Å². The van der Waals surface area contributed by atoms with E-state index in [2.05, 4.69) is 40.7 Å². The highest BCUT2D eigenvalue weighted by Gasteiger charge is 2.20. The maximum atomic E-state index is 6.30. The molecule has 0 bridgehead atoms. The van der Waals surface area contributed by atoms with Gasteiger partial charge >= 0.3 is 0 Å². The summed E-state index contributed by atoms with van der Waals surface area (Å²) in [6.07, 6.45) is 15.6. The minimum atomic E-state index is 0.735. The summed E-state index contributed by atoms with van der Waals surface area (Å²) in [4.78, 5) is 4.62. The first-order valence-electron chi connectivity index (χ1n) is 11.8. The molecule has 3 aromatic rings. The number of aryl methyl sites for hydroxylation is 1. The molecule has 0 N–H and O–H groups in total. The molecule has 0 spiro atoms. The van der Waals surface area contributed by atoms with Crippen LogP contribution in [0.4, 0.5) is 0 Å². The SMILES string of the molecule is Cc1nccc2c3ccc(OCC4CCCCC4)cc3n(CC3CCCCC3)c12. The minimum absolute atomic E-state index is 0.735. The van der Waals surface area contributed by atoms with Crippen LogP contribution in [0.1, 0.15) is 69.9 Å². The van der Waals surface area contributed by atoms with E-state index in [1.807, 2.05) is 6.20 Å². The Labute approximate surface area is 174 Å². The van der Waals surface area contributed by atoms with E-state index in [9.17, 15) is 0 Å². The van der Waals surface area contributed by atoms with Crippen LogP contribution >= 0.6 is 0 Å². The highest BCUT2D eigenvalue weighted by Crippen LogP contribution is 2.35. The van der Waals surface area contributed by atoms with Crippen molar-refractivity contribution in [2.45, 2.75) is 77.7 Å². The van der Waals surface area contributed by atoms with Crippen LogP contribution < -0.4 is 4.74 Å². The number of hydrogen-bond acceptors (Lipinski definition) is 2. The van der Waals surface area contributed by atoms with Crippen molar-refractivity contribution in [2.75, 3.05) is 6.61 Å². The molecule has 29 heavy (non-hydrogen) atoms. The third kappa shape index (κ3) is 3.89. The maximum absolute atomic E-state index is 6.30. The van der Waals surface area contributed by atoms with Crippen molar-refractivity contribution >= 4 is 21.8 Å². The molecule has 2 aliphatic rings. The summed E-state index contributed by atoms with van der Waals surface area (Å²) in [5, 5.41) is 2.67. The first kappa shape index (κ1) is 19.0. The van der Waals surface area contributed by atoms with E-state index in [4.69, 9.17) is 4.74 Å². The molecular weight excluding hydrogens is 356 g/mol. The predicted molar refractivity (Wildman–Crippen MR) is 121 cm³/mol. The molecule has 0 saturated heterocycles. The van der Waals surface area contributed by atoms with Crippen molar-refractivity contribution in [3.63, 3.8) is 0 Å². The van der Waals surface area contributed by atoms with Crippen LogP contribution in [-0.4, -0.2) is 16.2 Å². The zero-order chi connectivity index (χ0) is 19.6. The van der Waals surface area contributed by atoms with E-state index in [1.165, 1.54) is 86.0 Å². The van der Waals surface area contributed by atoms with Crippen LogP contribution in [0.2, 0.25) is 0 Å². The molecule has 2 saturated carbocycles. The summed E-state index contributed by atoms with van der Waals surface area (Å²) in [6, 6.07) is 8.92. The molecule has 2 heterocycles. The first-order chi connectivity index (χ1) is 14.3. The second-order valence-electron chi connectivity index (χ2n) is 9.40.